The van der Waals surface area contributed by atoms with Crippen molar-refractivity contribution in [1.82, 2.24) is 10.2 Å². The highest BCUT2D eigenvalue weighted by molar-refractivity contribution is 7.92. The van der Waals surface area contributed by atoms with Crippen LogP contribution in [0.3, 0.4) is 0 Å². The number of halogens is 1. The Morgan fingerprint density at radius 1 is 0.900 bits per heavy atom. The average molecular weight is 584 g/mol. The summed E-state index contributed by atoms with van der Waals surface area (Å²) in [4.78, 5) is 28.7. The average Bonchev–Trinajstić information content (AvgIpc) is 2.90. The lowest BCUT2D eigenvalue weighted by Crippen LogP contribution is -2.52. The lowest BCUT2D eigenvalue weighted by Gasteiger charge is -2.32. The third-order valence-electron chi connectivity index (χ3n) is 6.85. The van der Waals surface area contributed by atoms with Gasteiger partial charge in [0.05, 0.1) is 10.6 Å². The van der Waals surface area contributed by atoms with E-state index in [9.17, 15) is 18.0 Å². The molecule has 7 nitrogen and oxygen atoms in total. The molecule has 214 valence electrons. The number of nitrogens with zero attached hydrogens (tertiary/aromatic N) is 2. The standard InChI is InChI=1S/C31H38ClN3O4S/c1-7-24(5)33-31(37)25(6)34(19-26-10-8-9-11-29(26)32)30(36)20-35(27-17-22(3)16-23(4)18-27)40(38,39)28-14-12-21(2)13-15-28/h8-18,24-25H,7,19-20H2,1-6H3,(H,33,37)/t24-,25+/m0/s1. The number of carbonyl (C=O) groups excluding carboxylic acids is 2. The van der Waals surface area contributed by atoms with Gasteiger partial charge >= 0.3 is 0 Å². The van der Waals surface area contributed by atoms with Crippen LogP contribution in [0.4, 0.5) is 5.69 Å². The van der Waals surface area contributed by atoms with E-state index >= 15 is 0 Å². The topological polar surface area (TPSA) is 86.8 Å². The maximum Gasteiger partial charge on any atom is 0.264 e. The first kappa shape index (κ1) is 31.2. The lowest BCUT2D eigenvalue weighted by atomic mass is 10.1. The van der Waals surface area contributed by atoms with Gasteiger partial charge in [-0.2, -0.15) is 0 Å². The number of hydrogen-bond acceptors (Lipinski definition) is 4. The molecule has 1 N–H and O–H groups in total. The molecule has 0 bridgehead atoms. The first-order valence-corrected chi connectivity index (χ1v) is 15.2. The van der Waals surface area contributed by atoms with Crippen molar-refractivity contribution in [3.63, 3.8) is 0 Å². The summed E-state index contributed by atoms with van der Waals surface area (Å²) in [6.07, 6.45) is 0.728. The highest BCUT2D eigenvalue weighted by Crippen LogP contribution is 2.27. The number of rotatable bonds is 11. The van der Waals surface area contributed by atoms with Crippen molar-refractivity contribution in [2.45, 2.75) is 71.5 Å². The Balaban J connectivity index is 2.07. The van der Waals surface area contributed by atoms with Crippen LogP contribution >= 0.6 is 11.6 Å². The minimum Gasteiger partial charge on any atom is -0.352 e. The van der Waals surface area contributed by atoms with Crippen LogP contribution in [-0.4, -0.2) is 43.8 Å². The number of anilines is 1. The quantitative estimate of drug-likeness (QED) is 0.309. The van der Waals surface area contributed by atoms with Gasteiger partial charge in [-0.1, -0.05) is 60.5 Å². The summed E-state index contributed by atoms with van der Waals surface area (Å²) in [5, 5.41) is 3.38. The van der Waals surface area contributed by atoms with Crippen LogP contribution in [0.25, 0.3) is 0 Å². The summed E-state index contributed by atoms with van der Waals surface area (Å²) < 4.78 is 29.1. The molecular weight excluding hydrogens is 546 g/mol. The minimum absolute atomic E-state index is 0.0405. The zero-order chi connectivity index (χ0) is 29.6. The summed E-state index contributed by atoms with van der Waals surface area (Å²) >= 11 is 6.42. The van der Waals surface area contributed by atoms with Crippen LogP contribution in [-0.2, 0) is 26.2 Å². The highest BCUT2D eigenvalue weighted by Gasteiger charge is 2.33. The van der Waals surface area contributed by atoms with Crippen molar-refractivity contribution in [3.05, 3.63) is 94.0 Å². The molecule has 0 fully saturated rings. The molecule has 2 atom stereocenters. The summed E-state index contributed by atoms with van der Waals surface area (Å²) in [6.45, 7) is 10.7. The first-order valence-electron chi connectivity index (χ1n) is 13.3. The van der Waals surface area contributed by atoms with E-state index in [-0.39, 0.29) is 23.4 Å². The third-order valence-corrected chi connectivity index (χ3v) is 9.01. The van der Waals surface area contributed by atoms with E-state index in [4.69, 9.17) is 11.6 Å². The molecule has 3 aromatic carbocycles. The zero-order valence-corrected chi connectivity index (χ0v) is 25.5. The maximum atomic E-state index is 14.0. The van der Waals surface area contributed by atoms with Gasteiger partial charge in [0.2, 0.25) is 11.8 Å². The molecule has 0 aliphatic heterocycles. The van der Waals surface area contributed by atoms with Crippen LogP contribution < -0.4 is 9.62 Å². The minimum atomic E-state index is -4.12. The Labute approximate surface area is 243 Å². The molecule has 0 aromatic heterocycles. The molecule has 0 saturated heterocycles. The molecule has 9 heteroatoms. The Kier molecular flexibility index (Phi) is 10.4. The Morgan fingerprint density at radius 3 is 2.08 bits per heavy atom. The van der Waals surface area contributed by atoms with E-state index < -0.39 is 28.5 Å². The molecule has 3 rings (SSSR count). The largest absolute Gasteiger partial charge is 0.352 e. The van der Waals surface area contributed by atoms with Crippen molar-refractivity contribution >= 4 is 39.1 Å². The van der Waals surface area contributed by atoms with Crippen molar-refractivity contribution in [2.24, 2.45) is 0 Å². The van der Waals surface area contributed by atoms with Crippen molar-refractivity contribution < 1.29 is 18.0 Å². The van der Waals surface area contributed by atoms with E-state index in [2.05, 4.69) is 5.32 Å². The summed E-state index contributed by atoms with van der Waals surface area (Å²) in [5.41, 5.74) is 3.67. The number of aryl methyl sites for hydroxylation is 3. The van der Waals surface area contributed by atoms with Crippen LogP contribution in [0.15, 0.2) is 71.6 Å². The summed E-state index contributed by atoms with van der Waals surface area (Å²) in [7, 11) is -4.12. The molecule has 0 saturated carbocycles. The van der Waals surface area contributed by atoms with Crippen LogP contribution in [0.2, 0.25) is 5.02 Å². The summed E-state index contributed by atoms with van der Waals surface area (Å²) in [5.74, 6) is -0.851. The number of sulfonamides is 1. The van der Waals surface area contributed by atoms with Gasteiger partial charge in [0.15, 0.2) is 0 Å². The second-order valence-electron chi connectivity index (χ2n) is 10.3. The van der Waals surface area contributed by atoms with Gasteiger partial charge in [-0.25, -0.2) is 8.42 Å². The van der Waals surface area contributed by atoms with E-state index in [1.807, 2.05) is 40.7 Å². The molecule has 0 unspecified atom stereocenters. The predicted octanol–water partition coefficient (Wildman–Crippen LogP) is 5.79. The predicted molar refractivity (Wildman–Crippen MR) is 161 cm³/mol. The fourth-order valence-corrected chi connectivity index (χ4v) is 5.91. The second-order valence-corrected chi connectivity index (χ2v) is 12.5. The molecule has 2 amide bonds. The van der Waals surface area contributed by atoms with Gasteiger partial charge < -0.3 is 10.2 Å². The fraction of sp³-hybridized carbons (Fsp3) is 0.355. The molecule has 3 aromatic rings. The molecular formula is C31H38ClN3O4S. The smallest absolute Gasteiger partial charge is 0.264 e. The Hall–Kier alpha value is -3.36. The number of carbonyl (C=O) groups is 2. The van der Waals surface area contributed by atoms with Crippen LogP contribution in [0.5, 0.6) is 0 Å². The molecule has 40 heavy (non-hydrogen) atoms. The monoisotopic (exact) mass is 583 g/mol. The van der Waals surface area contributed by atoms with Gasteiger partial charge in [-0.3, -0.25) is 13.9 Å². The first-order chi connectivity index (χ1) is 18.8. The summed E-state index contributed by atoms with van der Waals surface area (Å²) in [6, 6.07) is 18.1. The Bertz CT molecular complexity index is 1440. The number of nitrogens with one attached hydrogen (secondary N) is 1. The number of hydrogen-bond donors (Lipinski definition) is 1. The lowest BCUT2D eigenvalue weighted by molar-refractivity contribution is -0.139. The van der Waals surface area contributed by atoms with Crippen LogP contribution in [0, 0.1) is 20.8 Å². The normalized spacial score (nSPS) is 12.9. The molecule has 0 aliphatic carbocycles. The van der Waals surface area contributed by atoms with Gasteiger partial charge in [-0.05, 0) is 88.1 Å². The maximum absolute atomic E-state index is 14.0. The van der Waals surface area contributed by atoms with Gasteiger partial charge in [0.1, 0.15) is 12.6 Å². The van der Waals surface area contributed by atoms with Crippen LogP contribution in [0.1, 0.15) is 49.4 Å². The van der Waals surface area contributed by atoms with Gasteiger partial charge in [0, 0.05) is 17.6 Å². The van der Waals surface area contributed by atoms with Gasteiger partial charge in [-0.15, -0.1) is 0 Å². The van der Waals surface area contributed by atoms with E-state index in [0.29, 0.717) is 16.3 Å². The van der Waals surface area contributed by atoms with Crippen molar-refractivity contribution in [2.75, 3.05) is 10.8 Å². The zero-order valence-electron chi connectivity index (χ0n) is 23.9. The van der Waals surface area contributed by atoms with E-state index in [1.165, 1.54) is 17.0 Å². The van der Waals surface area contributed by atoms with Crippen molar-refractivity contribution in [1.29, 1.82) is 0 Å². The highest BCUT2D eigenvalue weighted by atomic mass is 35.5. The molecule has 0 heterocycles. The van der Waals surface area contributed by atoms with E-state index in [1.54, 1.807) is 55.5 Å². The number of benzene rings is 3. The SMILES string of the molecule is CC[C@H](C)NC(=O)[C@@H](C)N(Cc1ccccc1Cl)C(=O)CN(c1cc(C)cc(C)c1)S(=O)(=O)c1ccc(C)cc1. The molecule has 0 radical (unpaired) electrons. The van der Waals surface area contributed by atoms with Gasteiger partial charge in [0.25, 0.3) is 10.0 Å². The molecule has 0 spiro atoms. The fourth-order valence-electron chi connectivity index (χ4n) is 4.32. The van der Waals surface area contributed by atoms with E-state index in [0.717, 1.165) is 27.4 Å². The van der Waals surface area contributed by atoms with Crippen molar-refractivity contribution in [3.8, 4) is 0 Å². The molecule has 0 aliphatic rings. The second kappa shape index (κ2) is 13.3. The Morgan fingerprint density at radius 2 is 1.50 bits per heavy atom. The third kappa shape index (κ3) is 7.64. The number of amides is 2.